The van der Waals surface area contributed by atoms with E-state index >= 15 is 0 Å². The topological polar surface area (TPSA) is 44.8 Å². The molecule has 3 rings (SSSR count). The first-order valence-corrected chi connectivity index (χ1v) is 8.80. The first kappa shape index (κ1) is 18.5. The van der Waals surface area contributed by atoms with Crippen LogP contribution in [-0.4, -0.2) is 50.6 Å². The lowest BCUT2D eigenvalue weighted by Gasteiger charge is -2.35. The van der Waals surface area contributed by atoms with Gasteiger partial charge in [-0.2, -0.15) is 0 Å². The van der Waals surface area contributed by atoms with Gasteiger partial charge in [-0.05, 0) is 37.4 Å². The molecule has 2 aromatic rings. The lowest BCUT2D eigenvalue weighted by Crippen LogP contribution is -2.44. The third kappa shape index (κ3) is 4.86. The Balaban J connectivity index is 1.66. The number of piperazine rings is 1. The van der Waals surface area contributed by atoms with E-state index in [0.717, 1.165) is 31.9 Å². The number of nitrogens with zero attached hydrogens (tertiary/aromatic N) is 2. The maximum absolute atomic E-state index is 13.2. The SMILES string of the molecule is CN1CCN(c2ccc(Cl)cc2NC(=O)COc2cccc(F)c2)CC1. The number of halogens is 2. The molecule has 1 heterocycles. The molecule has 0 saturated carbocycles. The molecule has 0 unspecified atom stereocenters. The molecular weight excluding hydrogens is 357 g/mol. The maximum atomic E-state index is 13.2. The molecule has 0 radical (unpaired) electrons. The van der Waals surface area contributed by atoms with Crippen LogP contribution >= 0.6 is 11.6 Å². The number of hydrogen-bond donors (Lipinski definition) is 1. The number of likely N-dealkylation sites (N-methyl/N-ethyl adjacent to an activating group) is 1. The molecule has 0 bridgehead atoms. The maximum Gasteiger partial charge on any atom is 0.262 e. The van der Waals surface area contributed by atoms with Gasteiger partial charge in [0, 0.05) is 37.3 Å². The van der Waals surface area contributed by atoms with Gasteiger partial charge in [-0.25, -0.2) is 4.39 Å². The molecule has 1 N–H and O–H groups in total. The van der Waals surface area contributed by atoms with Crippen LogP contribution in [-0.2, 0) is 4.79 Å². The molecule has 1 amide bonds. The molecule has 2 aromatic carbocycles. The average Bonchev–Trinajstić information content (AvgIpc) is 2.61. The van der Waals surface area contributed by atoms with Crippen LogP contribution in [0.1, 0.15) is 0 Å². The van der Waals surface area contributed by atoms with Gasteiger partial charge >= 0.3 is 0 Å². The number of benzene rings is 2. The van der Waals surface area contributed by atoms with Crippen molar-refractivity contribution in [3.05, 3.63) is 53.3 Å². The molecule has 26 heavy (non-hydrogen) atoms. The van der Waals surface area contributed by atoms with Crippen molar-refractivity contribution in [2.24, 2.45) is 0 Å². The van der Waals surface area contributed by atoms with Crippen molar-refractivity contribution < 1.29 is 13.9 Å². The van der Waals surface area contributed by atoms with Crippen LogP contribution in [0.5, 0.6) is 5.75 Å². The van der Waals surface area contributed by atoms with Gasteiger partial charge < -0.3 is 19.9 Å². The summed E-state index contributed by atoms with van der Waals surface area (Å²) in [5.74, 6) is -0.424. The first-order valence-electron chi connectivity index (χ1n) is 8.42. The van der Waals surface area contributed by atoms with Crippen molar-refractivity contribution in [3.63, 3.8) is 0 Å². The van der Waals surface area contributed by atoms with Gasteiger partial charge in [0.15, 0.2) is 6.61 Å². The number of rotatable bonds is 5. The highest BCUT2D eigenvalue weighted by Gasteiger charge is 2.18. The fourth-order valence-corrected chi connectivity index (χ4v) is 3.00. The number of nitrogens with one attached hydrogen (secondary N) is 1. The number of carbonyl (C=O) groups excluding carboxylic acids is 1. The average molecular weight is 378 g/mol. The zero-order valence-corrected chi connectivity index (χ0v) is 15.3. The van der Waals surface area contributed by atoms with E-state index in [0.29, 0.717) is 16.5 Å². The lowest BCUT2D eigenvalue weighted by atomic mass is 10.2. The normalized spacial score (nSPS) is 15.0. The molecule has 0 aromatic heterocycles. The predicted molar refractivity (Wildman–Crippen MR) is 102 cm³/mol. The van der Waals surface area contributed by atoms with E-state index in [1.807, 2.05) is 12.1 Å². The van der Waals surface area contributed by atoms with E-state index < -0.39 is 5.82 Å². The van der Waals surface area contributed by atoms with Crippen molar-refractivity contribution in [3.8, 4) is 5.75 Å². The smallest absolute Gasteiger partial charge is 0.262 e. The van der Waals surface area contributed by atoms with Gasteiger partial charge in [-0.3, -0.25) is 4.79 Å². The molecule has 0 aliphatic carbocycles. The van der Waals surface area contributed by atoms with Crippen LogP contribution in [0.15, 0.2) is 42.5 Å². The first-order chi connectivity index (χ1) is 12.5. The minimum Gasteiger partial charge on any atom is -0.484 e. The summed E-state index contributed by atoms with van der Waals surface area (Å²) < 4.78 is 18.5. The summed E-state index contributed by atoms with van der Waals surface area (Å²) in [6, 6.07) is 11.2. The fraction of sp³-hybridized carbons (Fsp3) is 0.316. The third-order valence-electron chi connectivity index (χ3n) is 4.24. The number of hydrogen-bond acceptors (Lipinski definition) is 4. The molecular formula is C19H21ClFN3O2. The quantitative estimate of drug-likeness (QED) is 0.868. The molecule has 1 aliphatic heterocycles. The van der Waals surface area contributed by atoms with Crippen molar-refractivity contribution in [1.82, 2.24) is 4.90 Å². The van der Waals surface area contributed by atoms with Gasteiger partial charge in [0.05, 0.1) is 11.4 Å². The largest absolute Gasteiger partial charge is 0.484 e. The van der Waals surface area contributed by atoms with Crippen LogP contribution < -0.4 is 15.0 Å². The van der Waals surface area contributed by atoms with Crippen molar-refractivity contribution in [2.45, 2.75) is 0 Å². The molecule has 138 valence electrons. The van der Waals surface area contributed by atoms with Gasteiger partial charge in [-0.1, -0.05) is 17.7 Å². The second-order valence-electron chi connectivity index (χ2n) is 6.25. The molecule has 1 saturated heterocycles. The summed E-state index contributed by atoms with van der Waals surface area (Å²) in [7, 11) is 2.09. The zero-order valence-electron chi connectivity index (χ0n) is 14.5. The highest BCUT2D eigenvalue weighted by Crippen LogP contribution is 2.30. The Labute approximate surface area is 157 Å². The number of carbonyl (C=O) groups is 1. The fourth-order valence-electron chi connectivity index (χ4n) is 2.82. The molecule has 7 heteroatoms. The van der Waals surface area contributed by atoms with E-state index in [1.54, 1.807) is 12.1 Å². The summed E-state index contributed by atoms with van der Waals surface area (Å²) in [6.07, 6.45) is 0. The summed E-state index contributed by atoms with van der Waals surface area (Å²) in [6.45, 7) is 3.46. The standard InChI is InChI=1S/C19H21ClFN3O2/c1-23-7-9-24(10-8-23)18-6-5-14(20)11-17(18)22-19(25)13-26-16-4-2-3-15(21)12-16/h2-6,11-12H,7-10,13H2,1H3,(H,22,25). The second-order valence-corrected chi connectivity index (χ2v) is 6.68. The van der Waals surface area contributed by atoms with Gasteiger partial charge in [0.1, 0.15) is 11.6 Å². The lowest BCUT2D eigenvalue weighted by molar-refractivity contribution is -0.118. The zero-order chi connectivity index (χ0) is 18.5. The van der Waals surface area contributed by atoms with E-state index in [2.05, 4.69) is 22.2 Å². The summed E-state index contributed by atoms with van der Waals surface area (Å²) in [5, 5.41) is 3.39. The van der Waals surface area contributed by atoms with Crippen LogP contribution in [0.3, 0.4) is 0 Å². The minimum absolute atomic E-state index is 0.210. The van der Waals surface area contributed by atoms with Gasteiger partial charge in [0.2, 0.25) is 0 Å². The Kier molecular flexibility index (Phi) is 5.96. The monoisotopic (exact) mass is 377 g/mol. The molecule has 1 aliphatic rings. The Morgan fingerprint density at radius 1 is 1.19 bits per heavy atom. The number of anilines is 2. The Bertz CT molecular complexity index is 779. The van der Waals surface area contributed by atoms with E-state index in [-0.39, 0.29) is 12.5 Å². The molecule has 0 atom stereocenters. The molecule has 1 fully saturated rings. The minimum atomic E-state index is -0.407. The van der Waals surface area contributed by atoms with Crippen LogP contribution in [0.4, 0.5) is 15.8 Å². The van der Waals surface area contributed by atoms with Gasteiger partial charge in [-0.15, -0.1) is 0 Å². The third-order valence-corrected chi connectivity index (χ3v) is 4.48. The molecule has 0 spiro atoms. The Morgan fingerprint density at radius 3 is 2.69 bits per heavy atom. The Morgan fingerprint density at radius 2 is 1.96 bits per heavy atom. The van der Waals surface area contributed by atoms with Crippen LogP contribution in [0.2, 0.25) is 5.02 Å². The van der Waals surface area contributed by atoms with Gasteiger partial charge in [0.25, 0.3) is 5.91 Å². The number of amides is 1. The summed E-state index contributed by atoms with van der Waals surface area (Å²) in [4.78, 5) is 16.8. The summed E-state index contributed by atoms with van der Waals surface area (Å²) >= 11 is 6.10. The highest BCUT2D eigenvalue weighted by atomic mass is 35.5. The highest BCUT2D eigenvalue weighted by molar-refractivity contribution is 6.31. The predicted octanol–water partition coefficient (Wildman–Crippen LogP) is 3.25. The van der Waals surface area contributed by atoms with E-state index in [9.17, 15) is 9.18 Å². The van der Waals surface area contributed by atoms with Crippen LogP contribution in [0, 0.1) is 5.82 Å². The Hall–Kier alpha value is -2.31. The number of ether oxygens (including phenoxy) is 1. The molecule has 5 nitrogen and oxygen atoms in total. The second kappa shape index (κ2) is 8.38. The van der Waals surface area contributed by atoms with Crippen molar-refractivity contribution in [1.29, 1.82) is 0 Å². The van der Waals surface area contributed by atoms with Crippen molar-refractivity contribution in [2.75, 3.05) is 50.1 Å². The summed E-state index contributed by atoms with van der Waals surface area (Å²) in [5.41, 5.74) is 1.58. The van der Waals surface area contributed by atoms with Crippen molar-refractivity contribution >= 4 is 28.9 Å². The van der Waals surface area contributed by atoms with E-state index in [1.165, 1.54) is 18.2 Å². The van der Waals surface area contributed by atoms with Crippen LogP contribution in [0.25, 0.3) is 0 Å². The van der Waals surface area contributed by atoms with E-state index in [4.69, 9.17) is 16.3 Å².